The quantitative estimate of drug-likeness (QED) is 0.733. The first kappa shape index (κ1) is 18.0. The third-order valence-electron chi connectivity index (χ3n) is 5.39. The number of aromatic amines is 1. The maximum absolute atomic E-state index is 12.8. The number of likely N-dealkylation sites (tertiary alicyclic amines) is 1. The molecule has 5 nitrogen and oxygen atoms in total. The number of piperidine rings is 1. The van der Waals surface area contributed by atoms with E-state index in [2.05, 4.69) is 4.98 Å². The van der Waals surface area contributed by atoms with Crippen molar-refractivity contribution < 1.29 is 9.90 Å². The van der Waals surface area contributed by atoms with Crippen LogP contribution in [-0.2, 0) is 0 Å². The molecule has 0 bridgehead atoms. The summed E-state index contributed by atoms with van der Waals surface area (Å²) in [5.74, 6) is 0.601. The molecule has 0 aliphatic carbocycles. The molecule has 0 radical (unpaired) electrons. The van der Waals surface area contributed by atoms with Crippen LogP contribution in [0.3, 0.4) is 0 Å². The Morgan fingerprint density at radius 2 is 1.54 bits per heavy atom. The van der Waals surface area contributed by atoms with Gasteiger partial charge in [0.25, 0.3) is 5.91 Å². The van der Waals surface area contributed by atoms with Gasteiger partial charge in [0.05, 0.1) is 0 Å². The van der Waals surface area contributed by atoms with Crippen molar-refractivity contribution >= 4 is 5.91 Å². The highest BCUT2D eigenvalue weighted by molar-refractivity contribution is 5.94. The Morgan fingerprint density at radius 1 is 0.929 bits per heavy atom. The molecule has 28 heavy (non-hydrogen) atoms. The number of pyridine rings is 1. The van der Waals surface area contributed by atoms with Gasteiger partial charge in [0.1, 0.15) is 5.75 Å². The van der Waals surface area contributed by atoms with Gasteiger partial charge in [-0.1, -0.05) is 24.3 Å². The van der Waals surface area contributed by atoms with Crippen LogP contribution < -0.4 is 5.56 Å². The maximum atomic E-state index is 12.8. The van der Waals surface area contributed by atoms with Crippen molar-refractivity contribution in [3.63, 3.8) is 0 Å². The summed E-state index contributed by atoms with van der Waals surface area (Å²) in [6, 6.07) is 18.2. The molecule has 2 heterocycles. The van der Waals surface area contributed by atoms with Crippen LogP contribution in [0.4, 0.5) is 0 Å². The Labute approximate surface area is 163 Å². The molecule has 1 saturated heterocycles. The first-order valence-corrected chi connectivity index (χ1v) is 9.47. The molecule has 0 atom stereocenters. The third kappa shape index (κ3) is 3.83. The number of hydrogen-bond acceptors (Lipinski definition) is 3. The summed E-state index contributed by atoms with van der Waals surface area (Å²) in [4.78, 5) is 28.9. The van der Waals surface area contributed by atoms with Crippen LogP contribution in [0.2, 0.25) is 0 Å². The Hall–Kier alpha value is -3.34. The molecule has 2 N–H and O–H groups in total. The van der Waals surface area contributed by atoms with E-state index in [0.717, 1.165) is 29.5 Å². The van der Waals surface area contributed by atoms with E-state index in [1.54, 1.807) is 24.4 Å². The minimum atomic E-state index is -0.0790. The molecule has 3 aromatic rings. The average molecular weight is 374 g/mol. The molecule has 1 aromatic heterocycles. The minimum absolute atomic E-state index is 0.0432. The van der Waals surface area contributed by atoms with Gasteiger partial charge in [-0.05, 0) is 65.8 Å². The van der Waals surface area contributed by atoms with Gasteiger partial charge in [-0.3, -0.25) is 9.59 Å². The van der Waals surface area contributed by atoms with Gasteiger partial charge in [-0.2, -0.15) is 0 Å². The summed E-state index contributed by atoms with van der Waals surface area (Å²) in [6.45, 7) is 1.38. The van der Waals surface area contributed by atoms with Crippen molar-refractivity contribution in [2.75, 3.05) is 13.1 Å². The lowest BCUT2D eigenvalue weighted by Gasteiger charge is -2.32. The van der Waals surface area contributed by atoms with Crippen LogP contribution in [0.5, 0.6) is 5.75 Å². The van der Waals surface area contributed by atoms with Crippen LogP contribution in [-0.4, -0.2) is 34.0 Å². The second-order valence-corrected chi connectivity index (χ2v) is 7.18. The topological polar surface area (TPSA) is 73.4 Å². The molecular weight excluding hydrogens is 352 g/mol. The Balaban J connectivity index is 1.41. The molecule has 1 amide bonds. The van der Waals surface area contributed by atoms with Gasteiger partial charge < -0.3 is 15.0 Å². The molecule has 0 spiro atoms. The number of carbonyl (C=O) groups is 1. The third-order valence-corrected chi connectivity index (χ3v) is 5.39. The molecule has 5 heteroatoms. The van der Waals surface area contributed by atoms with Gasteiger partial charge in [0, 0.05) is 30.9 Å². The summed E-state index contributed by atoms with van der Waals surface area (Å²) in [6.07, 6.45) is 3.41. The molecule has 4 rings (SSSR count). The monoisotopic (exact) mass is 374 g/mol. The number of aromatic nitrogens is 1. The number of nitrogens with zero attached hydrogens (tertiary/aromatic N) is 1. The molecule has 1 fully saturated rings. The number of carbonyl (C=O) groups excluding carboxylic acids is 1. The van der Waals surface area contributed by atoms with Crippen LogP contribution >= 0.6 is 0 Å². The zero-order chi connectivity index (χ0) is 19.5. The number of benzene rings is 2. The standard InChI is InChI=1S/C23H22N2O3/c26-21-7-5-17(6-8-21)16-1-3-19(4-2-16)23(28)25-13-10-18(11-14-25)20-9-12-24-22(27)15-20/h1-9,12,15,18,26H,10-11,13-14H2,(H,24,27). The zero-order valence-corrected chi connectivity index (χ0v) is 15.5. The fourth-order valence-electron chi connectivity index (χ4n) is 3.77. The highest BCUT2D eigenvalue weighted by Gasteiger charge is 2.24. The van der Waals surface area contributed by atoms with Crippen molar-refractivity contribution in [1.29, 1.82) is 0 Å². The van der Waals surface area contributed by atoms with E-state index in [1.807, 2.05) is 47.4 Å². The average Bonchev–Trinajstić information content (AvgIpc) is 2.74. The summed E-state index contributed by atoms with van der Waals surface area (Å²) < 4.78 is 0. The zero-order valence-electron chi connectivity index (χ0n) is 15.5. The molecule has 1 aliphatic heterocycles. The summed E-state index contributed by atoms with van der Waals surface area (Å²) in [5.41, 5.74) is 3.65. The number of hydrogen-bond donors (Lipinski definition) is 2. The predicted molar refractivity (Wildman–Crippen MR) is 108 cm³/mol. The van der Waals surface area contributed by atoms with E-state index in [0.29, 0.717) is 24.6 Å². The van der Waals surface area contributed by atoms with Crippen LogP contribution in [0.15, 0.2) is 71.7 Å². The van der Waals surface area contributed by atoms with Gasteiger partial charge in [-0.25, -0.2) is 0 Å². The lowest BCUT2D eigenvalue weighted by atomic mass is 9.90. The van der Waals surface area contributed by atoms with Crippen LogP contribution in [0.25, 0.3) is 11.1 Å². The molecular formula is C23H22N2O3. The number of rotatable bonds is 3. The second-order valence-electron chi connectivity index (χ2n) is 7.18. The van der Waals surface area contributed by atoms with Crippen molar-refractivity contribution in [3.8, 4) is 16.9 Å². The Bertz CT molecular complexity index is 1010. The molecule has 0 saturated carbocycles. The lowest BCUT2D eigenvalue weighted by molar-refractivity contribution is 0.0713. The highest BCUT2D eigenvalue weighted by atomic mass is 16.3. The number of amides is 1. The fraction of sp³-hybridized carbons (Fsp3) is 0.217. The first-order chi connectivity index (χ1) is 13.6. The Kier molecular flexibility index (Phi) is 4.98. The van der Waals surface area contributed by atoms with E-state index in [1.165, 1.54) is 0 Å². The van der Waals surface area contributed by atoms with Crippen molar-refractivity contribution in [2.45, 2.75) is 18.8 Å². The predicted octanol–water partition coefficient (Wildman–Crippen LogP) is 3.77. The number of aromatic hydroxyl groups is 1. The van der Waals surface area contributed by atoms with Crippen molar-refractivity contribution in [1.82, 2.24) is 9.88 Å². The summed E-state index contributed by atoms with van der Waals surface area (Å²) >= 11 is 0. The van der Waals surface area contributed by atoms with Crippen molar-refractivity contribution in [2.24, 2.45) is 0 Å². The van der Waals surface area contributed by atoms with E-state index >= 15 is 0 Å². The number of nitrogens with one attached hydrogen (secondary N) is 1. The second kappa shape index (κ2) is 7.72. The number of phenolic OH excluding ortho intramolecular Hbond substituents is 1. The molecule has 0 unspecified atom stereocenters. The van der Waals surface area contributed by atoms with E-state index < -0.39 is 0 Å². The van der Waals surface area contributed by atoms with Gasteiger partial charge in [0.15, 0.2) is 0 Å². The van der Waals surface area contributed by atoms with Crippen molar-refractivity contribution in [3.05, 3.63) is 88.3 Å². The molecule has 2 aromatic carbocycles. The largest absolute Gasteiger partial charge is 0.508 e. The summed E-state index contributed by atoms with van der Waals surface area (Å²) in [7, 11) is 0. The van der Waals surface area contributed by atoms with E-state index in [-0.39, 0.29) is 17.2 Å². The minimum Gasteiger partial charge on any atom is -0.508 e. The van der Waals surface area contributed by atoms with Gasteiger partial charge in [-0.15, -0.1) is 0 Å². The smallest absolute Gasteiger partial charge is 0.253 e. The summed E-state index contributed by atoms with van der Waals surface area (Å²) in [5, 5.41) is 9.40. The maximum Gasteiger partial charge on any atom is 0.253 e. The SMILES string of the molecule is O=C(c1ccc(-c2ccc(O)cc2)cc1)N1CCC(c2cc[nH]c(=O)c2)CC1. The van der Waals surface area contributed by atoms with E-state index in [9.17, 15) is 14.7 Å². The molecule has 1 aliphatic rings. The normalized spacial score (nSPS) is 14.8. The van der Waals surface area contributed by atoms with Crippen LogP contribution in [0.1, 0.15) is 34.7 Å². The Morgan fingerprint density at radius 3 is 2.14 bits per heavy atom. The molecule has 142 valence electrons. The first-order valence-electron chi connectivity index (χ1n) is 9.47. The van der Waals surface area contributed by atoms with Gasteiger partial charge in [0.2, 0.25) is 5.56 Å². The number of phenols is 1. The van der Waals surface area contributed by atoms with E-state index in [4.69, 9.17) is 0 Å². The van der Waals surface area contributed by atoms with Crippen LogP contribution in [0, 0.1) is 0 Å². The number of H-pyrrole nitrogens is 1. The lowest BCUT2D eigenvalue weighted by Crippen LogP contribution is -2.38. The van der Waals surface area contributed by atoms with Gasteiger partial charge >= 0.3 is 0 Å². The highest BCUT2D eigenvalue weighted by Crippen LogP contribution is 2.28. The fourth-order valence-corrected chi connectivity index (χ4v) is 3.77.